The fraction of sp³-hybridized carbons (Fsp3) is 0.150. The molecule has 0 spiro atoms. The molecule has 0 bridgehead atoms. The first-order valence-electron chi connectivity index (χ1n) is 7.42. The van der Waals surface area contributed by atoms with E-state index in [1.807, 2.05) is 50.5 Å². The quantitative estimate of drug-likeness (QED) is 0.663. The van der Waals surface area contributed by atoms with Crippen molar-refractivity contribution in [2.45, 2.75) is 13.8 Å². The maximum atomic E-state index is 6.14. The second-order valence-corrected chi connectivity index (χ2v) is 5.45. The molecule has 3 rings (SSSR count). The van der Waals surface area contributed by atoms with Crippen molar-refractivity contribution in [2.24, 2.45) is 7.05 Å². The fourth-order valence-electron chi connectivity index (χ4n) is 2.73. The van der Waals surface area contributed by atoms with E-state index in [2.05, 4.69) is 36.3 Å². The Balaban J connectivity index is 2.51. The van der Waals surface area contributed by atoms with E-state index in [1.165, 1.54) is 5.57 Å². The minimum Gasteiger partial charge on any atom is -0.455 e. The normalized spacial score (nSPS) is 13.5. The Morgan fingerprint density at radius 3 is 2.55 bits per heavy atom. The molecule has 2 nitrogen and oxygen atoms in total. The lowest BCUT2D eigenvalue weighted by Crippen LogP contribution is -2.35. The third kappa shape index (κ3) is 2.27. The van der Waals surface area contributed by atoms with Gasteiger partial charge in [0.1, 0.15) is 18.0 Å². The predicted molar refractivity (Wildman–Crippen MR) is 90.5 cm³/mol. The van der Waals surface area contributed by atoms with Crippen molar-refractivity contribution in [3.63, 3.8) is 0 Å². The van der Waals surface area contributed by atoms with E-state index in [9.17, 15) is 0 Å². The van der Waals surface area contributed by atoms with Crippen LogP contribution in [0.2, 0.25) is 0 Å². The minimum atomic E-state index is 0.846. The van der Waals surface area contributed by atoms with Gasteiger partial charge in [0.15, 0.2) is 6.20 Å². The molecule has 0 aliphatic heterocycles. The Labute approximate surface area is 130 Å². The summed E-state index contributed by atoms with van der Waals surface area (Å²) in [5.41, 5.74) is 5.10. The van der Waals surface area contributed by atoms with Crippen LogP contribution in [-0.2, 0) is 7.05 Å². The predicted octanol–water partition coefficient (Wildman–Crippen LogP) is 2.83. The zero-order valence-corrected chi connectivity index (χ0v) is 13.3. The van der Waals surface area contributed by atoms with Crippen LogP contribution in [0.15, 0.2) is 64.7 Å². The van der Waals surface area contributed by atoms with Gasteiger partial charge < -0.3 is 4.42 Å². The van der Waals surface area contributed by atoms with Gasteiger partial charge >= 0.3 is 0 Å². The lowest BCUT2D eigenvalue weighted by Gasteiger charge is -2.04. The maximum Gasteiger partial charge on any atom is 0.216 e. The summed E-state index contributed by atoms with van der Waals surface area (Å²) >= 11 is 0. The smallest absolute Gasteiger partial charge is 0.216 e. The Morgan fingerprint density at radius 2 is 1.86 bits per heavy atom. The number of furan rings is 1. The summed E-state index contributed by atoms with van der Waals surface area (Å²) in [6, 6.07) is 14.2. The van der Waals surface area contributed by atoms with E-state index >= 15 is 0 Å². The molecule has 0 radical (unpaired) electrons. The highest BCUT2D eigenvalue weighted by atomic mass is 16.3. The first-order chi connectivity index (χ1) is 10.6. The number of aryl methyl sites for hydroxylation is 1. The summed E-state index contributed by atoms with van der Waals surface area (Å²) in [6.07, 6.45) is 4.15. The van der Waals surface area contributed by atoms with Gasteiger partial charge in [-0.1, -0.05) is 30.9 Å². The van der Waals surface area contributed by atoms with Crippen LogP contribution < -0.4 is 15.2 Å². The van der Waals surface area contributed by atoms with E-state index in [4.69, 9.17) is 4.42 Å². The Bertz CT molecular complexity index is 976. The Hall–Kier alpha value is -2.61. The molecule has 2 heterocycles. The van der Waals surface area contributed by atoms with Crippen LogP contribution in [0.1, 0.15) is 19.5 Å². The third-order valence-corrected chi connectivity index (χ3v) is 4.06. The molecule has 0 atom stereocenters. The zero-order chi connectivity index (χ0) is 15.7. The molecule has 0 saturated carbocycles. The summed E-state index contributed by atoms with van der Waals surface area (Å²) in [5.74, 6) is 0. The van der Waals surface area contributed by atoms with Crippen LogP contribution >= 0.6 is 0 Å². The van der Waals surface area contributed by atoms with Crippen LogP contribution in [0.25, 0.3) is 23.1 Å². The summed E-state index contributed by atoms with van der Waals surface area (Å²) in [6.45, 7) is 8.40. The molecule has 0 fully saturated rings. The number of hydrogen-bond acceptors (Lipinski definition) is 1. The standard InChI is InChI=1S/C20H20NO/c1-5-14(2)19(17-11-8-9-13-21(17)4)20-15(3)16-10-6-7-12-18(16)22-20/h5-13H,3H2,1-2,4H3/q+1/b14-5-,20-19-. The average molecular weight is 290 g/mol. The molecule has 0 saturated heterocycles. The Kier molecular flexibility index (Phi) is 3.68. The lowest BCUT2D eigenvalue weighted by molar-refractivity contribution is -0.673. The first kappa shape index (κ1) is 14.3. The molecule has 0 unspecified atom stereocenters. The molecule has 0 aliphatic rings. The van der Waals surface area contributed by atoms with Gasteiger partial charge in [-0.15, -0.1) is 0 Å². The lowest BCUT2D eigenvalue weighted by atomic mass is 10.0. The number of nitrogens with zero attached hydrogens (tertiary/aromatic N) is 1. The number of rotatable bonds is 2. The number of benzene rings is 1. The summed E-state index contributed by atoms with van der Waals surface area (Å²) in [5, 5.41) is 2.01. The van der Waals surface area contributed by atoms with Crippen molar-refractivity contribution in [3.8, 4) is 0 Å². The molecular weight excluding hydrogens is 270 g/mol. The fourth-order valence-corrected chi connectivity index (χ4v) is 2.73. The van der Waals surface area contributed by atoms with E-state index in [-0.39, 0.29) is 0 Å². The largest absolute Gasteiger partial charge is 0.455 e. The zero-order valence-electron chi connectivity index (χ0n) is 13.3. The van der Waals surface area contributed by atoms with Gasteiger partial charge in [-0.25, -0.2) is 4.57 Å². The topological polar surface area (TPSA) is 17.0 Å². The monoisotopic (exact) mass is 290 g/mol. The van der Waals surface area contributed by atoms with Crippen molar-refractivity contribution in [1.82, 2.24) is 0 Å². The highest BCUT2D eigenvalue weighted by Crippen LogP contribution is 2.17. The number of hydrogen-bond donors (Lipinski definition) is 0. The van der Waals surface area contributed by atoms with Crippen molar-refractivity contribution in [1.29, 1.82) is 0 Å². The van der Waals surface area contributed by atoms with Crippen LogP contribution in [0, 0.1) is 0 Å². The molecule has 0 amide bonds. The van der Waals surface area contributed by atoms with E-state index in [1.54, 1.807) is 0 Å². The second-order valence-electron chi connectivity index (χ2n) is 5.45. The van der Waals surface area contributed by atoms with Crippen molar-refractivity contribution < 1.29 is 8.98 Å². The summed E-state index contributed by atoms with van der Waals surface area (Å²) in [7, 11) is 2.05. The summed E-state index contributed by atoms with van der Waals surface area (Å²) < 4.78 is 8.25. The molecule has 22 heavy (non-hydrogen) atoms. The van der Waals surface area contributed by atoms with Gasteiger partial charge in [0, 0.05) is 22.7 Å². The van der Waals surface area contributed by atoms with Crippen molar-refractivity contribution >= 4 is 23.1 Å². The number of aromatic nitrogens is 1. The van der Waals surface area contributed by atoms with E-state index in [0.29, 0.717) is 0 Å². The van der Waals surface area contributed by atoms with Crippen LogP contribution in [0.3, 0.4) is 0 Å². The van der Waals surface area contributed by atoms with Crippen molar-refractivity contribution in [3.05, 3.63) is 76.6 Å². The average Bonchev–Trinajstić information content (AvgIpc) is 2.87. The molecule has 2 heteroatoms. The number of allylic oxidation sites excluding steroid dienone is 2. The maximum absolute atomic E-state index is 6.14. The third-order valence-electron chi connectivity index (χ3n) is 4.06. The molecule has 3 aromatic rings. The Morgan fingerprint density at radius 1 is 1.14 bits per heavy atom. The number of para-hydroxylation sites is 1. The van der Waals surface area contributed by atoms with Crippen molar-refractivity contribution in [2.75, 3.05) is 0 Å². The molecule has 1 aromatic carbocycles. The molecule has 110 valence electrons. The van der Waals surface area contributed by atoms with Gasteiger partial charge in [-0.3, -0.25) is 0 Å². The van der Waals surface area contributed by atoms with Crippen LogP contribution in [0.4, 0.5) is 0 Å². The first-order valence-corrected chi connectivity index (χ1v) is 7.42. The SMILES string of the molecule is C=c1/c(=C(\C(C)=C/C)c2cccc[n+]2C)oc2ccccc12. The summed E-state index contributed by atoms with van der Waals surface area (Å²) in [4.78, 5) is 0. The molecular formula is C20H20NO+. The van der Waals surface area contributed by atoms with Gasteiger partial charge in [0.25, 0.3) is 0 Å². The highest BCUT2D eigenvalue weighted by Gasteiger charge is 2.17. The van der Waals surface area contributed by atoms with Crippen LogP contribution in [-0.4, -0.2) is 0 Å². The van der Waals surface area contributed by atoms with Gasteiger partial charge in [0.05, 0.1) is 5.57 Å². The number of pyridine rings is 1. The minimum absolute atomic E-state index is 0.846. The van der Waals surface area contributed by atoms with Gasteiger partial charge in [-0.05, 0) is 31.6 Å². The second kappa shape index (κ2) is 5.64. The molecule has 0 N–H and O–H groups in total. The highest BCUT2D eigenvalue weighted by molar-refractivity contribution is 5.81. The molecule has 0 aliphatic carbocycles. The van der Waals surface area contributed by atoms with E-state index in [0.717, 1.165) is 32.9 Å². The molecule has 2 aromatic heterocycles. The van der Waals surface area contributed by atoms with Gasteiger partial charge in [-0.2, -0.15) is 0 Å². The number of fused-ring (bicyclic) bond motifs is 1. The van der Waals surface area contributed by atoms with Gasteiger partial charge in [0.2, 0.25) is 5.69 Å². The van der Waals surface area contributed by atoms with Crippen LogP contribution in [0.5, 0.6) is 0 Å². The van der Waals surface area contributed by atoms with E-state index < -0.39 is 0 Å².